The second kappa shape index (κ2) is 13.3. The molecular weight excluding hydrogens is 472 g/mol. The van der Waals surface area contributed by atoms with Gasteiger partial charge < -0.3 is 30.3 Å². The number of carbonyl (C=O) groups is 2. The highest BCUT2D eigenvalue weighted by Crippen LogP contribution is 2.20. The van der Waals surface area contributed by atoms with Gasteiger partial charge in [0.25, 0.3) is 0 Å². The minimum absolute atomic E-state index is 0.0897. The molecule has 2 amide bonds. The summed E-state index contributed by atoms with van der Waals surface area (Å²) in [7, 11) is 0. The lowest BCUT2D eigenvalue weighted by Crippen LogP contribution is -2.50. The van der Waals surface area contributed by atoms with E-state index in [0.29, 0.717) is 12.8 Å². The van der Waals surface area contributed by atoms with Crippen molar-refractivity contribution < 1.29 is 29.3 Å². The fraction of sp³-hybridized carbons (Fsp3) is 0.448. The lowest BCUT2D eigenvalue weighted by molar-refractivity contribution is -0.127. The van der Waals surface area contributed by atoms with Gasteiger partial charge in [0, 0.05) is 5.92 Å². The van der Waals surface area contributed by atoms with E-state index in [1.165, 1.54) is 6.26 Å². The molecule has 0 unspecified atom stereocenters. The number of ether oxygens (including phenoxy) is 2. The predicted molar refractivity (Wildman–Crippen MR) is 141 cm³/mol. The summed E-state index contributed by atoms with van der Waals surface area (Å²) >= 11 is 0. The molecule has 37 heavy (non-hydrogen) atoms. The van der Waals surface area contributed by atoms with E-state index in [4.69, 9.17) is 9.47 Å². The maximum atomic E-state index is 13.4. The molecule has 0 aliphatic carbocycles. The molecule has 0 saturated heterocycles. The molecule has 0 spiro atoms. The lowest BCUT2D eigenvalue weighted by Gasteiger charge is -2.30. The fourth-order valence-electron chi connectivity index (χ4n) is 4.20. The minimum Gasteiger partial charge on any atom is -0.499 e. The van der Waals surface area contributed by atoms with Crippen molar-refractivity contribution in [2.24, 2.45) is 5.92 Å². The summed E-state index contributed by atoms with van der Waals surface area (Å²) in [6, 6.07) is 17.8. The van der Waals surface area contributed by atoms with Gasteiger partial charge in [-0.25, -0.2) is 4.79 Å². The van der Waals surface area contributed by atoms with Crippen molar-refractivity contribution >= 4 is 12.0 Å². The van der Waals surface area contributed by atoms with Crippen LogP contribution in [0.25, 0.3) is 0 Å². The average Bonchev–Trinajstić information content (AvgIpc) is 2.84. The molecule has 5 atom stereocenters. The number of aliphatic hydroxyl groups is 2. The maximum absolute atomic E-state index is 13.4. The summed E-state index contributed by atoms with van der Waals surface area (Å²) < 4.78 is 10.5. The van der Waals surface area contributed by atoms with Gasteiger partial charge in [0.15, 0.2) is 0 Å². The largest absolute Gasteiger partial charge is 0.499 e. The highest BCUT2D eigenvalue weighted by Gasteiger charge is 2.32. The smallest absolute Gasteiger partial charge is 0.407 e. The van der Waals surface area contributed by atoms with Crippen LogP contribution in [0.4, 0.5) is 4.79 Å². The first-order valence-corrected chi connectivity index (χ1v) is 12.6. The Morgan fingerprint density at radius 2 is 1.62 bits per heavy atom. The van der Waals surface area contributed by atoms with Crippen LogP contribution >= 0.6 is 0 Å². The van der Waals surface area contributed by atoms with Crippen molar-refractivity contribution in [3.8, 4) is 0 Å². The number of hydrogen-bond acceptors (Lipinski definition) is 6. The van der Waals surface area contributed by atoms with Gasteiger partial charge in [0.2, 0.25) is 5.91 Å². The molecule has 1 aliphatic heterocycles. The van der Waals surface area contributed by atoms with Crippen LogP contribution in [0.15, 0.2) is 73.0 Å². The molecule has 3 rings (SSSR count). The van der Waals surface area contributed by atoms with E-state index >= 15 is 0 Å². The minimum atomic E-state index is -1.04. The van der Waals surface area contributed by atoms with Crippen LogP contribution in [0.1, 0.15) is 38.3 Å². The van der Waals surface area contributed by atoms with Crippen LogP contribution in [0.5, 0.6) is 0 Å². The van der Waals surface area contributed by atoms with E-state index in [0.717, 1.165) is 11.1 Å². The molecule has 1 aliphatic rings. The molecule has 1 heterocycles. The summed E-state index contributed by atoms with van der Waals surface area (Å²) in [5.74, 6) is -0.909. The molecule has 0 bridgehead atoms. The zero-order chi connectivity index (χ0) is 26.8. The van der Waals surface area contributed by atoms with Gasteiger partial charge in [-0.2, -0.15) is 0 Å². The SMILES string of the molecule is CC(C)(C)OC(=O)N[C@@H](Cc1ccccc1)[C@@H](O)C[C@@H](Cc1ccccc1)C(=O)N[C@@H]1C=COC[C@@H]1O. The predicted octanol–water partition coefficient (Wildman–Crippen LogP) is 3.12. The Morgan fingerprint density at radius 3 is 2.19 bits per heavy atom. The molecule has 2 aromatic rings. The lowest BCUT2D eigenvalue weighted by atomic mass is 9.88. The summed E-state index contributed by atoms with van der Waals surface area (Å²) in [4.78, 5) is 26.0. The Labute approximate surface area is 218 Å². The van der Waals surface area contributed by atoms with Crippen molar-refractivity contribution in [1.82, 2.24) is 10.6 Å². The van der Waals surface area contributed by atoms with Crippen LogP contribution in [0.3, 0.4) is 0 Å². The second-order valence-corrected chi connectivity index (χ2v) is 10.4. The van der Waals surface area contributed by atoms with Gasteiger partial charge in [0.1, 0.15) is 18.3 Å². The van der Waals surface area contributed by atoms with Crippen molar-refractivity contribution in [3.05, 3.63) is 84.1 Å². The number of benzene rings is 2. The molecule has 200 valence electrons. The molecule has 0 fully saturated rings. The molecule has 8 nitrogen and oxygen atoms in total. The van der Waals surface area contributed by atoms with E-state index in [2.05, 4.69) is 10.6 Å². The van der Waals surface area contributed by atoms with E-state index in [-0.39, 0.29) is 18.9 Å². The van der Waals surface area contributed by atoms with Crippen molar-refractivity contribution in [2.75, 3.05) is 6.61 Å². The van der Waals surface area contributed by atoms with E-state index in [1.54, 1.807) is 26.8 Å². The third-order valence-electron chi connectivity index (χ3n) is 6.06. The third kappa shape index (κ3) is 9.55. The topological polar surface area (TPSA) is 117 Å². The van der Waals surface area contributed by atoms with Gasteiger partial charge in [-0.15, -0.1) is 0 Å². The van der Waals surface area contributed by atoms with Crippen LogP contribution in [-0.2, 0) is 27.1 Å². The van der Waals surface area contributed by atoms with Gasteiger partial charge in [-0.05, 0) is 57.2 Å². The third-order valence-corrected chi connectivity index (χ3v) is 6.06. The number of nitrogens with one attached hydrogen (secondary N) is 2. The van der Waals surface area contributed by atoms with E-state index < -0.39 is 41.9 Å². The fourth-order valence-corrected chi connectivity index (χ4v) is 4.20. The van der Waals surface area contributed by atoms with Crippen molar-refractivity contribution in [2.45, 2.75) is 69.9 Å². The monoisotopic (exact) mass is 510 g/mol. The van der Waals surface area contributed by atoms with Crippen LogP contribution in [0, 0.1) is 5.92 Å². The van der Waals surface area contributed by atoms with E-state index in [9.17, 15) is 19.8 Å². The number of rotatable bonds is 10. The van der Waals surface area contributed by atoms with Crippen LogP contribution in [0.2, 0.25) is 0 Å². The number of carbonyl (C=O) groups excluding carboxylic acids is 2. The van der Waals surface area contributed by atoms with Crippen molar-refractivity contribution in [3.63, 3.8) is 0 Å². The summed E-state index contributed by atoms with van der Waals surface area (Å²) in [6.07, 6.45) is 1.37. The number of hydrogen-bond donors (Lipinski definition) is 4. The standard InChI is InChI=1S/C29H38N2O6/c1-29(2,3)37-28(35)31-24(17-21-12-8-5-9-13-21)25(32)18-22(16-20-10-6-4-7-11-20)27(34)30-23-14-15-36-19-26(23)33/h4-15,22-26,32-33H,16-19H2,1-3H3,(H,30,34)(H,31,35)/t22-,23-,24+,25+,26+/m1/s1. The number of amides is 2. The van der Waals surface area contributed by atoms with Crippen molar-refractivity contribution in [1.29, 1.82) is 0 Å². The Hall–Kier alpha value is -3.36. The Balaban J connectivity index is 1.79. The summed E-state index contributed by atoms with van der Waals surface area (Å²) in [6.45, 7) is 5.41. The summed E-state index contributed by atoms with van der Waals surface area (Å²) in [5, 5.41) is 27.2. The molecular formula is C29H38N2O6. The second-order valence-electron chi connectivity index (χ2n) is 10.4. The first kappa shape index (κ1) is 28.2. The molecule has 2 aromatic carbocycles. The zero-order valence-corrected chi connectivity index (χ0v) is 21.7. The number of aliphatic hydroxyl groups excluding tert-OH is 2. The van der Waals surface area contributed by atoms with Gasteiger partial charge in [-0.1, -0.05) is 60.7 Å². The number of alkyl carbamates (subject to hydrolysis) is 1. The highest BCUT2D eigenvalue weighted by molar-refractivity contribution is 5.79. The van der Waals surface area contributed by atoms with E-state index in [1.807, 2.05) is 60.7 Å². The quantitative estimate of drug-likeness (QED) is 0.390. The zero-order valence-electron chi connectivity index (χ0n) is 21.7. The highest BCUT2D eigenvalue weighted by atomic mass is 16.6. The molecule has 8 heteroatoms. The first-order valence-electron chi connectivity index (χ1n) is 12.6. The molecule has 0 aromatic heterocycles. The maximum Gasteiger partial charge on any atom is 0.407 e. The molecule has 0 saturated carbocycles. The van der Waals surface area contributed by atoms with Crippen LogP contribution in [-0.4, -0.2) is 58.7 Å². The van der Waals surface area contributed by atoms with Gasteiger partial charge >= 0.3 is 6.09 Å². The normalized spacial score (nSPS) is 19.7. The van der Waals surface area contributed by atoms with Gasteiger partial charge in [0.05, 0.1) is 24.4 Å². The van der Waals surface area contributed by atoms with Crippen LogP contribution < -0.4 is 10.6 Å². The van der Waals surface area contributed by atoms with Gasteiger partial charge in [-0.3, -0.25) is 4.79 Å². The molecule has 4 N–H and O–H groups in total. The Kier molecular flexibility index (Phi) is 10.1. The molecule has 0 radical (unpaired) electrons. The Bertz CT molecular complexity index is 1020. The average molecular weight is 511 g/mol. The Morgan fingerprint density at radius 1 is 1.03 bits per heavy atom. The first-order chi connectivity index (χ1) is 17.6. The summed E-state index contributed by atoms with van der Waals surface area (Å²) in [5.41, 5.74) is 1.18.